The van der Waals surface area contributed by atoms with Crippen molar-refractivity contribution < 1.29 is 5.11 Å². The highest BCUT2D eigenvalue weighted by Gasteiger charge is 2.16. The van der Waals surface area contributed by atoms with Crippen molar-refractivity contribution in [3.63, 3.8) is 0 Å². The Labute approximate surface area is 99.7 Å². The van der Waals surface area contributed by atoms with Crippen molar-refractivity contribution in [1.29, 1.82) is 0 Å². The van der Waals surface area contributed by atoms with E-state index in [0.717, 1.165) is 29.6 Å². The van der Waals surface area contributed by atoms with E-state index in [4.69, 9.17) is 0 Å². The summed E-state index contributed by atoms with van der Waals surface area (Å²) in [4.78, 5) is 8.55. The molecule has 2 heterocycles. The lowest BCUT2D eigenvalue weighted by molar-refractivity contribution is 0.476. The van der Waals surface area contributed by atoms with Gasteiger partial charge in [-0.3, -0.25) is 0 Å². The quantitative estimate of drug-likeness (QED) is 0.821. The largest absolute Gasteiger partial charge is 0.508 e. The maximum absolute atomic E-state index is 9.43. The zero-order valence-corrected chi connectivity index (χ0v) is 9.56. The van der Waals surface area contributed by atoms with Gasteiger partial charge in [-0.2, -0.15) is 0 Å². The lowest BCUT2D eigenvalue weighted by Gasteiger charge is -2.11. The third-order valence-corrected chi connectivity index (χ3v) is 3.30. The molecule has 3 rings (SSSR count). The van der Waals surface area contributed by atoms with Gasteiger partial charge in [0.15, 0.2) is 0 Å². The number of rotatable bonds is 2. The Hall–Kier alpha value is -1.68. The van der Waals surface area contributed by atoms with Crippen molar-refractivity contribution in [2.45, 2.75) is 25.3 Å². The molecule has 1 aromatic heterocycles. The normalized spacial score (nSPS) is 19.9. The summed E-state index contributed by atoms with van der Waals surface area (Å²) in [7, 11) is 0. The highest BCUT2D eigenvalue weighted by Crippen LogP contribution is 2.22. The van der Waals surface area contributed by atoms with Crippen LogP contribution in [0, 0.1) is 0 Å². The first-order chi connectivity index (χ1) is 8.33. The van der Waals surface area contributed by atoms with Crippen molar-refractivity contribution >= 4 is 10.9 Å². The van der Waals surface area contributed by atoms with E-state index in [1.807, 2.05) is 6.07 Å². The van der Waals surface area contributed by atoms with E-state index in [1.54, 1.807) is 18.5 Å². The summed E-state index contributed by atoms with van der Waals surface area (Å²) in [5.41, 5.74) is 1.88. The van der Waals surface area contributed by atoms with Crippen molar-refractivity contribution in [2.75, 3.05) is 6.54 Å². The summed E-state index contributed by atoms with van der Waals surface area (Å²) in [6.07, 6.45) is 4.97. The molecule has 0 bridgehead atoms. The molecule has 1 aliphatic rings. The van der Waals surface area contributed by atoms with Crippen LogP contribution in [0.5, 0.6) is 5.75 Å². The molecule has 88 valence electrons. The summed E-state index contributed by atoms with van der Waals surface area (Å²) in [6.45, 7) is 1.11. The molecule has 4 nitrogen and oxygen atoms in total. The zero-order valence-electron chi connectivity index (χ0n) is 9.56. The number of nitrogens with zero attached hydrogens (tertiary/aromatic N) is 2. The molecule has 4 heteroatoms. The van der Waals surface area contributed by atoms with E-state index < -0.39 is 0 Å². The molecule has 1 fully saturated rings. The monoisotopic (exact) mass is 229 g/mol. The van der Waals surface area contributed by atoms with Crippen molar-refractivity contribution in [2.24, 2.45) is 0 Å². The van der Waals surface area contributed by atoms with Crippen LogP contribution in [0.2, 0.25) is 0 Å². The summed E-state index contributed by atoms with van der Waals surface area (Å²) in [5, 5.41) is 13.9. The number of benzene rings is 1. The Morgan fingerprint density at radius 1 is 1.35 bits per heavy atom. The summed E-state index contributed by atoms with van der Waals surface area (Å²) in [5.74, 6) is 0.251. The minimum Gasteiger partial charge on any atom is -0.508 e. The van der Waals surface area contributed by atoms with Crippen LogP contribution < -0.4 is 5.32 Å². The Kier molecular flexibility index (Phi) is 2.65. The Bertz CT molecular complexity index is 535. The van der Waals surface area contributed by atoms with Crippen LogP contribution in [0.15, 0.2) is 24.5 Å². The molecule has 1 aromatic carbocycles. The van der Waals surface area contributed by atoms with Crippen LogP contribution >= 0.6 is 0 Å². The van der Waals surface area contributed by atoms with Crippen LogP contribution in [-0.2, 0) is 6.42 Å². The second-order valence-electron chi connectivity index (χ2n) is 4.52. The van der Waals surface area contributed by atoms with E-state index in [0.29, 0.717) is 6.04 Å². The molecular weight excluding hydrogens is 214 g/mol. The molecule has 0 spiro atoms. The number of phenols is 1. The van der Waals surface area contributed by atoms with E-state index in [9.17, 15) is 5.11 Å². The van der Waals surface area contributed by atoms with Crippen LogP contribution in [-0.4, -0.2) is 27.7 Å². The van der Waals surface area contributed by atoms with Crippen molar-refractivity contribution in [1.82, 2.24) is 15.3 Å². The molecule has 0 radical (unpaired) electrons. The lowest BCUT2D eigenvalue weighted by Crippen LogP contribution is -2.24. The topological polar surface area (TPSA) is 58.0 Å². The first kappa shape index (κ1) is 10.5. The fraction of sp³-hybridized carbons (Fsp3) is 0.385. The number of aromatic hydroxyl groups is 1. The van der Waals surface area contributed by atoms with E-state index in [1.165, 1.54) is 12.8 Å². The fourth-order valence-electron chi connectivity index (χ4n) is 2.43. The minimum absolute atomic E-state index is 0.251. The highest BCUT2D eigenvalue weighted by atomic mass is 16.3. The molecule has 0 saturated carbocycles. The molecule has 17 heavy (non-hydrogen) atoms. The van der Waals surface area contributed by atoms with Gasteiger partial charge in [0.05, 0.1) is 11.2 Å². The maximum atomic E-state index is 9.43. The second kappa shape index (κ2) is 4.30. The van der Waals surface area contributed by atoms with Gasteiger partial charge in [-0.1, -0.05) is 0 Å². The number of phenolic OH excluding ortho intramolecular Hbond substituents is 1. The molecule has 0 aliphatic carbocycles. The number of hydrogen-bond donors (Lipinski definition) is 2. The van der Waals surface area contributed by atoms with Gasteiger partial charge >= 0.3 is 0 Å². The van der Waals surface area contributed by atoms with Crippen LogP contribution in [0.3, 0.4) is 0 Å². The highest BCUT2D eigenvalue weighted by molar-refractivity contribution is 5.82. The molecule has 1 unspecified atom stereocenters. The Balaban J connectivity index is 1.97. The van der Waals surface area contributed by atoms with Crippen molar-refractivity contribution in [3.8, 4) is 5.75 Å². The third kappa shape index (κ3) is 2.08. The minimum atomic E-state index is 0.251. The maximum Gasteiger partial charge on any atom is 0.117 e. The first-order valence-corrected chi connectivity index (χ1v) is 5.99. The standard InChI is InChI=1S/C13H15N3O/c17-10-3-4-11-12(6-9-2-1-5-14-9)15-8-16-13(11)7-10/h3-4,7-9,14,17H,1-2,5-6H2. The number of nitrogens with one attached hydrogen (secondary N) is 1. The van der Waals surface area contributed by atoms with Crippen LogP contribution in [0.4, 0.5) is 0 Å². The molecule has 1 atom stereocenters. The lowest BCUT2D eigenvalue weighted by atomic mass is 10.1. The average molecular weight is 229 g/mol. The van der Waals surface area contributed by atoms with Crippen LogP contribution in [0.1, 0.15) is 18.5 Å². The van der Waals surface area contributed by atoms with E-state index in [2.05, 4.69) is 15.3 Å². The van der Waals surface area contributed by atoms with Gasteiger partial charge in [-0.25, -0.2) is 9.97 Å². The molecule has 2 aromatic rings. The first-order valence-electron chi connectivity index (χ1n) is 5.99. The summed E-state index contributed by atoms with van der Waals surface area (Å²) < 4.78 is 0. The van der Waals surface area contributed by atoms with Gasteiger partial charge in [-0.15, -0.1) is 0 Å². The summed E-state index contributed by atoms with van der Waals surface area (Å²) in [6, 6.07) is 5.80. The Morgan fingerprint density at radius 2 is 2.29 bits per heavy atom. The predicted molar refractivity (Wildman–Crippen MR) is 65.9 cm³/mol. The average Bonchev–Trinajstić information content (AvgIpc) is 2.82. The van der Waals surface area contributed by atoms with Crippen LogP contribution in [0.25, 0.3) is 10.9 Å². The summed E-state index contributed by atoms with van der Waals surface area (Å²) >= 11 is 0. The smallest absolute Gasteiger partial charge is 0.117 e. The third-order valence-electron chi connectivity index (χ3n) is 3.30. The Morgan fingerprint density at radius 3 is 3.12 bits per heavy atom. The molecule has 1 saturated heterocycles. The van der Waals surface area contributed by atoms with Gasteiger partial charge in [0, 0.05) is 23.9 Å². The number of fused-ring (bicyclic) bond motifs is 1. The van der Waals surface area contributed by atoms with Crippen molar-refractivity contribution in [3.05, 3.63) is 30.2 Å². The van der Waals surface area contributed by atoms with Gasteiger partial charge in [-0.05, 0) is 31.5 Å². The SMILES string of the molecule is Oc1ccc2c(CC3CCCN3)ncnc2c1. The molecule has 0 amide bonds. The molecule has 1 aliphatic heterocycles. The number of hydrogen-bond acceptors (Lipinski definition) is 4. The van der Waals surface area contributed by atoms with Gasteiger partial charge < -0.3 is 10.4 Å². The van der Waals surface area contributed by atoms with E-state index in [-0.39, 0.29) is 5.75 Å². The van der Waals surface area contributed by atoms with E-state index >= 15 is 0 Å². The second-order valence-corrected chi connectivity index (χ2v) is 4.52. The van der Waals surface area contributed by atoms with Gasteiger partial charge in [0.1, 0.15) is 12.1 Å². The number of aromatic nitrogens is 2. The fourth-order valence-corrected chi connectivity index (χ4v) is 2.43. The molecular formula is C13H15N3O. The van der Waals surface area contributed by atoms with Gasteiger partial charge in [0.25, 0.3) is 0 Å². The predicted octanol–water partition coefficient (Wildman–Crippen LogP) is 1.63. The molecule has 2 N–H and O–H groups in total. The zero-order chi connectivity index (χ0) is 11.7. The van der Waals surface area contributed by atoms with Gasteiger partial charge in [0.2, 0.25) is 0 Å².